The van der Waals surface area contributed by atoms with Crippen molar-refractivity contribution in [3.8, 4) is 11.1 Å². The lowest BCUT2D eigenvalue weighted by atomic mass is 9.99. The number of hydrogen-bond acceptors (Lipinski definition) is 3. The molecule has 0 saturated carbocycles. The Morgan fingerprint density at radius 3 is 2.31 bits per heavy atom. The quantitative estimate of drug-likeness (QED) is 0.412. The molecule has 6 nitrogen and oxygen atoms in total. The summed E-state index contributed by atoms with van der Waals surface area (Å²) in [5.74, 6) is 1.40. The number of rotatable bonds is 7. The lowest BCUT2D eigenvalue weighted by molar-refractivity contribution is -0.133. The Kier molecular flexibility index (Phi) is 7.12. The van der Waals surface area contributed by atoms with Crippen LogP contribution in [0.1, 0.15) is 31.2 Å². The summed E-state index contributed by atoms with van der Waals surface area (Å²) < 4.78 is 1.95. The fraction of sp³-hybridized carbons (Fsp3) is 0.300. The number of carbonyl (C=O) groups excluding carboxylic acids is 2. The summed E-state index contributed by atoms with van der Waals surface area (Å²) in [7, 11) is 0. The van der Waals surface area contributed by atoms with E-state index in [1.165, 1.54) is 0 Å². The lowest BCUT2D eigenvalue weighted by Gasteiger charge is -2.30. The molecule has 1 aliphatic heterocycles. The summed E-state index contributed by atoms with van der Waals surface area (Å²) in [6.45, 7) is 4.37. The average Bonchev–Trinajstić information content (AvgIpc) is 3.26. The number of piperidine rings is 1. The van der Waals surface area contributed by atoms with E-state index in [-0.39, 0.29) is 24.9 Å². The third-order valence-corrected chi connectivity index (χ3v) is 7.03. The Balaban J connectivity index is 1.24. The highest BCUT2D eigenvalue weighted by Gasteiger charge is 2.22. The Labute approximate surface area is 212 Å². The van der Waals surface area contributed by atoms with Gasteiger partial charge in [0, 0.05) is 13.1 Å². The molecule has 0 aliphatic carbocycles. The molecule has 1 N–H and O–H groups in total. The number of para-hydroxylation sites is 2. The van der Waals surface area contributed by atoms with Gasteiger partial charge in [0.05, 0.1) is 24.0 Å². The Bertz CT molecular complexity index is 1340. The number of benzene rings is 3. The van der Waals surface area contributed by atoms with Crippen LogP contribution >= 0.6 is 0 Å². The number of likely N-dealkylation sites (tertiary alicyclic amines) is 1. The maximum Gasteiger partial charge on any atom is 0.242 e. The first-order chi connectivity index (χ1) is 17.6. The molecule has 2 amide bonds. The molecule has 5 rings (SSSR count). The second-order valence-corrected chi connectivity index (χ2v) is 9.68. The van der Waals surface area contributed by atoms with Crippen molar-refractivity contribution in [2.75, 3.05) is 13.1 Å². The number of hydrogen-bond donors (Lipinski definition) is 1. The van der Waals surface area contributed by atoms with Crippen LogP contribution in [-0.2, 0) is 29.1 Å². The lowest BCUT2D eigenvalue weighted by Crippen LogP contribution is -2.40. The normalized spacial score (nSPS) is 14.2. The van der Waals surface area contributed by atoms with Crippen molar-refractivity contribution in [1.29, 1.82) is 0 Å². The second-order valence-electron chi connectivity index (χ2n) is 9.68. The van der Waals surface area contributed by atoms with Crippen molar-refractivity contribution in [3.63, 3.8) is 0 Å². The van der Waals surface area contributed by atoms with Crippen molar-refractivity contribution in [3.05, 3.63) is 90.3 Å². The van der Waals surface area contributed by atoms with Crippen molar-refractivity contribution < 1.29 is 9.59 Å². The maximum atomic E-state index is 13.1. The zero-order valence-corrected chi connectivity index (χ0v) is 20.7. The van der Waals surface area contributed by atoms with Crippen LogP contribution in [0.25, 0.3) is 22.2 Å². The summed E-state index contributed by atoms with van der Waals surface area (Å²) in [5.41, 5.74) is 4.98. The van der Waals surface area contributed by atoms with E-state index in [1.54, 1.807) is 0 Å². The van der Waals surface area contributed by atoms with Gasteiger partial charge in [-0.15, -0.1) is 0 Å². The number of fused-ring (bicyclic) bond motifs is 1. The third kappa shape index (κ3) is 5.48. The zero-order chi connectivity index (χ0) is 24.9. The van der Waals surface area contributed by atoms with E-state index in [9.17, 15) is 9.59 Å². The van der Waals surface area contributed by atoms with Crippen LogP contribution < -0.4 is 5.32 Å². The summed E-state index contributed by atoms with van der Waals surface area (Å²) in [5, 5.41) is 3.01. The molecule has 36 heavy (non-hydrogen) atoms. The Hall–Kier alpha value is -3.93. The molecule has 6 heteroatoms. The average molecular weight is 481 g/mol. The number of nitrogens with zero attached hydrogens (tertiary/aromatic N) is 3. The summed E-state index contributed by atoms with van der Waals surface area (Å²) in [6.07, 6.45) is 2.39. The number of nitrogens with one attached hydrogen (secondary N) is 1. The molecule has 1 saturated heterocycles. The van der Waals surface area contributed by atoms with Crippen LogP contribution in [0, 0.1) is 5.92 Å². The predicted molar refractivity (Wildman–Crippen MR) is 142 cm³/mol. The molecule has 2 heterocycles. The van der Waals surface area contributed by atoms with Gasteiger partial charge in [0.25, 0.3) is 0 Å². The minimum atomic E-state index is -0.0718. The number of imidazole rings is 1. The van der Waals surface area contributed by atoms with Crippen LogP contribution in [-0.4, -0.2) is 39.4 Å². The van der Waals surface area contributed by atoms with Crippen LogP contribution in [0.15, 0.2) is 78.9 Å². The van der Waals surface area contributed by atoms with Crippen LogP contribution in [0.4, 0.5) is 0 Å². The smallest absolute Gasteiger partial charge is 0.242 e. The molecule has 0 radical (unpaired) electrons. The van der Waals surface area contributed by atoms with Crippen molar-refractivity contribution in [2.45, 2.75) is 39.3 Å². The van der Waals surface area contributed by atoms with Crippen molar-refractivity contribution in [2.24, 2.45) is 5.92 Å². The topological polar surface area (TPSA) is 67.2 Å². The fourth-order valence-corrected chi connectivity index (χ4v) is 4.80. The van der Waals surface area contributed by atoms with Crippen LogP contribution in [0.3, 0.4) is 0 Å². The first kappa shape index (κ1) is 23.8. The zero-order valence-electron chi connectivity index (χ0n) is 20.7. The molecular weight excluding hydrogens is 448 g/mol. The van der Waals surface area contributed by atoms with Gasteiger partial charge in [-0.2, -0.15) is 0 Å². The minimum absolute atomic E-state index is 0.0718. The SMILES string of the molecule is CC1CCN(C(=O)Cn2c(CNC(=O)Cc3ccc(-c4ccccc4)cc3)nc3ccccc32)CC1. The van der Waals surface area contributed by atoms with Crippen molar-refractivity contribution >= 4 is 22.8 Å². The Morgan fingerprint density at radius 2 is 1.56 bits per heavy atom. The summed E-state index contributed by atoms with van der Waals surface area (Å²) >= 11 is 0. The third-order valence-electron chi connectivity index (χ3n) is 7.03. The molecule has 0 unspecified atom stereocenters. The molecule has 4 aromatic rings. The van der Waals surface area contributed by atoms with E-state index in [0.29, 0.717) is 18.2 Å². The van der Waals surface area contributed by atoms with Crippen molar-refractivity contribution in [1.82, 2.24) is 19.8 Å². The Morgan fingerprint density at radius 1 is 0.889 bits per heavy atom. The first-order valence-electron chi connectivity index (χ1n) is 12.7. The van der Waals surface area contributed by atoms with E-state index in [0.717, 1.165) is 53.7 Å². The minimum Gasteiger partial charge on any atom is -0.349 e. The van der Waals surface area contributed by atoms with Gasteiger partial charge in [0.1, 0.15) is 12.4 Å². The van der Waals surface area contributed by atoms with Gasteiger partial charge < -0.3 is 14.8 Å². The predicted octanol–water partition coefficient (Wildman–Crippen LogP) is 4.82. The standard InChI is InChI=1S/C30H32N4O2/c1-22-15-17-33(18-16-22)30(36)21-34-27-10-6-5-9-26(27)32-28(34)20-31-29(35)19-23-11-13-25(14-12-23)24-7-3-2-4-8-24/h2-14,22H,15-21H2,1H3,(H,31,35). The van der Waals surface area contributed by atoms with E-state index >= 15 is 0 Å². The van der Waals surface area contributed by atoms with Gasteiger partial charge in [-0.05, 0) is 47.6 Å². The highest BCUT2D eigenvalue weighted by atomic mass is 16.2. The number of aromatic nitrogens is 2. The molecular formula is C30H32N4O2. The first-order valence-corrected chi connectivity index (χ1v) is 12.7. The molecule has 0 bridgehead atoms. The number of amides is 2. The van der Waals surface area contributed by atoms with E-state index < -0.39 is 0 Å². The van der Waals surface area contributed by atoms with Crippen LogP contribution in [0.2, 0.25) is 0 Å². The molecule has 1 aromatic heterocycles. The maximum absolute atomic E-state index is 13.1. The van der Waals surface area contributed by atoms with E-state index in [2.05, 4.69) is 24.4 Å². The molecule has 184 valence electrons. The van der Waals surface area contributed by atoms with Gasteiger partial charge in [0.2, 0.25) is 11.8 Å². The highest BCUT2D eigenvalue weighted by Crippen LogP contribution is 2.21. The van der Waals surface area contributed by atoms with Gasteiger partial charge in [-0.25, -0.2) is 4.98 Å². The highest BCUT2D eigenvalue weighted by molar-refractivity contribution is 5.82. The largest absolute Gasteiger partial charge is 0.349 e. The van der Waals surface area contributed by atoms with E-state index in [4.69, 9.17) is 4.98 Å². The van der Waals surface area contributed by atoms with Gasteiger partial charge >= 0.3 is 0 Å². The molecule has 0 spiro atoms. The second kappa shape index (κ2) is 10.8. The molecule has 1 aliphatic rings. The van der Waals surface area contributed by atoms with Crippen LogP contribution in [0.5, 0.6) is 0 Å². The van der Waals surface area contributed by atoms with Gasteiger partial charge in [-0.3, -0.25) is 9.59 Å². The monoisotopic (exact) mass is 480 g/mol. The fourth-order valence-electron chi connectivity index (χ4n) is 4.80. The molecule has 3 aromatic carbocycles. The summed E-state index contributed by atoms with van der Waals surface area (Å²) in [6, 6.07) is 26.1. The molecule has 1 fully saturated rings. The summed E-state index contributed by atoms with van der Waals surface area (Å²) in [4.78, 5) is 32.5. The van der Waals surface area contributed by atoms with Gasteiger partial charge in [-0.1, -0.05) is 73.7 Å². The molecule has 0 atom stereocenters. The van der Waals surface area contributed by atoms with E-state index in [1.807, 2.05) is 76.2 Å². The number of carbonyl (C=O) groups is 2. The van der Waals surface area contributed by atoms with Gasteiger partial charge in [0.15, 0.2) is 0 Å².